The van der Waals surface area contributed by atoms with E-state index in [1.54, 1.807) is 25.9 Å². The van der Waals surface area contributed by atoms with Gasteiger partial charge in [-0.15, -0.1) is 0 Å². The second-order valence-corrected chi connectivity index (χ2v) is 31.0. The summed E-state index contributed by atoms with van der Waals surface area (Å²) >= 11 is 4.01. The van der Waals surface area contributed by atoms with Crippen LogP contribution in [-0.2, 0) is 5.41 Å². The Labute approximate surface area is 310 Å². The van der Waals surface area contributed by atoms with Gasteiger partial charge in [-0.05, 0) is 70.5 Å². The molecular formula is C45H46S2Si3. The van der Waals surface area contributed by atoms with Gasteiger partial charge in [0.1, 0.15) is 24.2 Å². The van der Waals surface area contributed by atoms with Crippen LogP contribution < -0.4 is 36.3 Å². The SMILES string of the molecule is CC(C)(C)c1ccc([Si](C)(c2ccccc2)c2cccc3c2Sc2ccccc2[Si]3(C)C)cc1-c1cccc2c1Sc1ccccc1[Si]2(C)C. The topological polar surface area (TPSA) is 0 Å². The summed E-state index contributed by atoms with van der Waals surface area (Å²) in [4.78, 5) is 5.85. The number of hydrogen-bond donors (Lipinski definition) is 0. The van der Waals surface area contributed by atoms with E-state index in [0.29, 0.717) is 0 Å². The summed E-state index contributed by atoms with van der Waals surface area (Å²) in [5.74, 6) is 0. The Morgan fingerprint density at radius 1 is 0.480 bits per heavy atom. The van der Waals surface area contributed by atoms with Crippen molar-refractivity contribution in [3.05, 3.63) is 139 Å². The van der Waals surface area contributed by atoms with Crippen LogP contribution in [0.25, 0.3) is 11.1 Å². The number of hydrogen-bond acceptors (Lipinski definition) is 2. The third-order valence-corrected chi connectivity index (χ3v) is 26.4. The first-order chi connectivity index (χ1) is 23.8. The van der Waals surface area contributed by atoms with Gasteiger partial charge in [-0.3, -0.25) is 0 Å². The first-order valence-electron chi connectivity index (χ1n) is 17.9. The summed E-state index contributed by atoms with van der Waals surface area (Å²) in [6, 6.07) is 51.9. The average molecular weight is 735 g/mol. The molecule has 6 aromatic carbocycles. The lowest BCUT2D eigenvalue weighted by molar-refractivity contribution is 0.592. The smallest absolute Gasteiger partial charge is 0.0904 e. The normalized spacial score (nSPS) is 16.7. The molecular weight excluding hydrogens is 689 g/mol. The highest BCUT2D eigenvalue weighted by Crippen LogP contribution is 2.42. The van der Waals surface area contributed by atoms with Crippen molar-refractivity contribution in [3.8, 4) is 11.1 Å². The molecule has 2 heterocycles. The molecule has 0 amide bonds. The minimum atomic E-state index is -2.51. The fourth-order valence-corrected chi connectivity index (χ4v) is 24.1. The zero-order valence-electron chi connectivity index (χ0n) is 30.5. The third kappa shape index (κ3) is 5.23. The molecule has 1 unspecified atom stereocenters. The van der Waals surface area contributed by atoms with Crippen molar-refractivity contribution in [2.45, 2.75) is 78.5 Å². The zero-order valence-corrected chi connectivity index (χ0v) is 35.2. The lowest BCUT2D eigenvalue weighted by Gasteiger charge is -2.39. The highest BCUT2D eigenvalue weighted by Gasteiger charge is 2.43. The van der Waals surface area contributed by atoms with Gasteiger partial charge in [0.15, 0.2) is 0 Å². The molecule has 50 heavy (non-hydrogen) atoms. The number of rotatable bonds is 4. The van der Waals surface area contributed by atoms with Gasteiger partial charge < -0.3 is 0 Å². The predicted molar refractivity (Wildman–Crippen MR) is 229 cm³/mol. The summed E-state index contributed by atoms with van der Waals surface area (Å²) in [7, 11) is -6.29. The molecule has 0 spiro atoms. The van der Waals surface area contributed by atoms with Crippen molar-refractivity contribution in [3.63, 3.8) is 0 Å². The Morgan fingerprint density at radius 3 is 1.62 bits per heavy atom. The second-order valence-electron chi connectivity index (χ2n) is 16.3. The molecule has 0 bridgehead atoms. The van der Waals surface area contributed by atoms with E-state index in [9.17, 15) is 0 Å². The van der Waals surface area contributed by atoms with Gasteiger partial charge in [0.05, 0.1) is 0 Å². The molecule has 250 valence electrons. The van der Waals surface area contributed by atoms with E-state index in [1.165, 1.54) is 46.6 Å². The molecule has 0 fully saturated rings. The molecule has 5 heteroatoms. The minimum Gasteiger partial charge on any atom is -0.0904 e. The van der Waals surface area contributed by atoms with Gasteiger partial charge >= 0.3 is 0 Å². The summed E-state index contributed by atoms with van der Waals surface area (Å²) < 4.78 is 0. The highest BCUT2D eigenvalue weighted by atomic mass is 32.2. The molecule has 6 aromatic rings. The second kappa shape index (κ2) is 12.1. The maximum atomic E-state index is 2.63. The standard InChI is InChI=1S/C45H46S2Si3/c1-45(2,3)35-29-28-32(30-34(35)33-20-16-25-40-43(33)46-36-21-12-14-23-38(36)48(40,4)5)50(8,31-18-10-9-11-19-31)42-27-17-26-41-44(42)47-37-22-13-15-24-39(37)49(41,6)7/h9-30H,1-8H3. The molecule has 0 aliphatic carbocycles. The van der Waals surface area contributed by atoms with Crippen LogP contribution in [0.1, 0.15) is 26.3 Å². The largest absolute Gasteiger partial charge is 0.146 e. The van der Waals surface area contributed by atoms with Crippen LogP contribution in [0.4, 0.5) is 0 Å². The maximum Gasteiger partial charge on any atom is 0.146 e. The van der Waals surface area contributed by atoms with Crippen LogP contribution in [-0.4, -0.2) is 24.2 Å². The molecule has 0 N–H and O–H groups in total. The molecule has 2 aliphatic heterocycles. The zero-order chi connectivity index (χ0) is 35.1. The van der Waals surface area contributed by atoms with Crippen molar-refractivity contribution < 1.29 is 0 Å². The van der Waals surface area contributed by atoms with Gasteiger partial charge in [0, 0.05) is 19.6 Å². The Balaban J connectivity index is 1.39. The van der Waals surface area contributed by atoms with Gasteiger partial charge in [-0.1, -0.05) is 198 Å². The van der Waals surface area contributed by atoms with Crippen LogP contribution in [0.3, 0.4) is 0 Å². The van der Waals surface area contributed by atoms with Gasteiger partial charge in [-0.25, -0.2) is 0 Å². The van der Waals surface area contributed by atoms with Crippen molar-refractivity contribution >= 4 is 84.1 Å². The average Bonchev–Trinajstić information content (AvgIpc) is 3.11. The Bertz CT molecular complexity index is 2280. The lowest BCUT2D eigenvalue weighted by atomic mass is 9.82. The predicted octanol–water partition coefficient (Wildman–Crippen LogP) is 8.33. The van der Waals surface area contributed by atoms with E-state index < -0.39 is 24.2 Å². The van der Waals surface area contributed by atoms with Crippen LogP contribution >= 0.6 is 23.5 Å². The monoisotopic (exact) mass is 734 g/mol. The Morgan fingerprint density at radius 2 is 1.00 bits per heavy atom. The molecule has 8 rings (SSSR count). The molecule has 0 radical (unpaired) electrons. The fourth-order valence-electron chi connectivity index (χ4n) is 8.52. The van der Waals surface area contributed by atoms with Gasteiger partial charge in [0.25, 0.3) is 0 Å². The van der Waals surface area contributed by atoms with Crippen LogP contribution in [0.5, 0.6) is 0 Å². The van der Waals surface area contributed by atoms with Crippen molar-refractivity contribution in [2.75, 3.05) is 0 Å². The summed E-state index contributed by atoms with van der Waals surface area (Å²) in [6.45, 7) is 19.9. The van der Waals surface area contributed by atoms with E-state index in [0.717, 1.165) is 0 Å². The summed E-state index contributed by atoms with van der Waals surface area (Å²) in [5.41, 5.74) is 4.21. The Hall–Kier alpha value is -3.33. The number of benzene rings is 6. The van der Waals surface area contributed by atoms with E-state index in [2.05, 4.69) is 187 Å². The van der Waals surface area contributed by atoms with Crippen LogP contribution in [0.2, 0.25) is 32.7 Å². The van der Waals surface area contributed by atoms with Crippen LogP contribution in [0, 0.1) is 0 Å². The fraction of sp³-hybridized carbons (Fsp3) is 0.200. The van der Waals surface area contributed by atoms with Crippen molar-refractivity contribution in [2.24, 2.45) is 0 Å². The summed E-state index contributed by atoms with van der Waals surface area (Å²) in [6.07, 6.45) is 0. The van der Waals surface area contributed by atoms with E-state index in [-0.39, 0.29) is 5.41 Å². The molecule has 0 nitrogen and oxygen atoms in total. The molecule has 0 saturated heterocycles. The molecule has 1 atom stereocenters. The van der Waals surface area contributed by atoms with E-state index in [4.69, 9.17) is 0 Å². The van der Waals surface area contributed by atoms with Crippen molar-refractivity contribution in [1.82, 2.24) is 0 Å². The number of fused-ring (bicyclic) bond motifs is 4. The van der Waals surface area contributed by atoms with Gasteiger partial charge in [-0.2, -0.15) is 0 Å². The maximum absolute atomic E-state index is 2.63. The first-order valence-corrected chi connectivity index (χ1v) is 28.0. The van der Waals surface area contributed by atoms with E-state index >= 15 is 0 Å². The quantitative estimate of drug-likeness (QED) is 0.132. The first kappa shape index (κ1) is 33.8. The Kier molecular flexibility index (Phi) is 8.20. The molecule has 0 saturated carbocycles. The lowest BCUT2D eigenvalue weighted by Crippen LogP contribution is -2.67. The third-order valence-electron chi connectivity index (χ3n) is 11.5. The highest BCUT2D eigenvalue weighted by molar-refractivity contribution is 8.00. The van der Waals surface area contributed by atoms with Crippen molar-refractivity contribution in [1.29, 1.82) is 0 Å². The van der Waals surface area contributed by atoms with Crippen LogP contribution in [0.15, 0.2) is 153 Å². The van der Waals surface area contributed by atoms with Gasteiger partial charge in [0.2, 0.25) is 0 Å². The summed E-state index contributed by atoms with van der Waals surface area (Å²) in [5, 5.41) is 10.8. The minimum absolute atomic E-state index is 0.00736. The molecule has 2 aliphatic rings. The molecule has 0 aromatic heterocycles. The van der Waals surface area contributed by atoms with E-state index in [1.807, 2.05) is 23.5 Å².